The average Bonchev–Trinajstić information content (AvgIpc) is 2.68. The maximum atomic E-state index is 12.6. The molecule has 0 aliphatic rings. The molecule has 0 bridgehead atoms. The van der Waals surface area contributed by atoms with Crippen molar-refractivity contribution in [3.63, 3.8) is 0 Å². The van der Waals surface area contributed by atoms with Crippen molar-refractivity contribution in [2.24, 2.45) is 0 Å². The molecule has 154 valence electrons. The van der Waals surface area contributed by atoms with Gasteiger partial charge in [-0.15, -0.1) is 0 Å². The molecular formula is C23H24N4O3. The molecule has 30 heavy (non-hydrogen) atoms. The number of rotatable bonds is 5. The summed E-state index contributed by atoms with van der Waals surface area (Å²) in [5.41, 5.74) is 2.79. The minimum absolute atomic E-state index is 0.250. The molecule has 3 rings (SSSR count). The standard InChI is InChI=1S/C23H24N4O3/c1-23(2,3)30-22(29)27-20-6-4-5-19(15-20)26-21(28)16-7-9-17(10-8-16)25-18-11-13-24-14-12-18/h4-15H,1-3H3,(H,24,25)(H,26,28)(H,27,29). The number of hydrogen-bond donors (Lipinski definition) is 3. The first-order valence-corrected chi connectivity index (χ1v) is 9.47. The Balaban J connectivity index is 1.61. The molecule has 7 nitrogen and oxygen atoms in total. The number of amides is 2. The third kappa shape index (κ3) is 6.34. The summed E-state index contributed by atoms with van der Waals surface area (Å²) in [6.07, 6.45) is 2.86. The number of nitrogens with one attached hydrogen (secondary N) is 3. The van der Waals surface area contributed by atoms with E-state index in [0.29, 0.717) is 16.9 Å². The van der Waals surface area contributed by atoms with Crippen LogP contribution in [0.3, 0.4) is 0 Å². The maximum absolute atomic E-state index is 12.6. The van der Waals surface area contributed by atoms with Gasteiger partial charge < -0.3 is 15.4 Å². The summed E-state index contributed by atoms with van der Waals surface area (Å²) in [6, 6.07) is 17.7. The number of ether oxygens (including phenoxy) is 1. The second kappa shape index (κ2) is 9.09. The molecule has 2 amide bonds. The highest BCUT2D eigenvalue weighted by Crippen LogP contribution is 2.19. The molecule has 3 aromatic rings. The lowest BCUT2D eigenvalue weighted by atomic mass is 10.2. The zero-order valence-corrected chi connectivity index (χ0v) is 17.1. The first-order chi connectivity index (χ1) is 14.3. The highest BCUT2D eigenvalue weighted by molar-refractivity contribution is 6.04. The molecule has 1 heterocycles. The molecule has 0 atom stereocenters. The van der Waals surface area contributed by atoms with Crippen LogP contribution in [-0.2, 0) is 4.74 Å². The molecule has 0 aliphatic heterocycles. The van der Waals surface area contributed by atoms with Crippen LogP contribution in [0.2, 0.25) is 0 Å². The fraction of sp³-hybridized carbons (Fsp3) is 0.174. The van der Waals surface area contributed by atoms with Crippen LogP contribution in [0, 0.1) is 0 Å². The van der Waals surface area contributed by atoms with Gasteiger partial charge in [-0.05, 0) is 75.4 Å². The quantitative estimate of drug-likeness (QED) is 0.528. The average molecular weight is 404 g/mol. The number of benzene rings is 2. The van der Waals surface area contributed by atoms with Crippen molar-refractivity contribution in [3.8, 4) is 0 Å². The number of carbonyl (C=O) groups is 2. The van der Waals surface area contributed by atoms with Crippen LogP contribution in [0.1, 0.15) is 31.1 Å². The number of anilines is 4. The second-order valence-electron chi connectivity index (χ2n) is 7.60. The van der Waals surface area contributed by atoms with E-state index in [2.05, 4.69) is 20.9 Å². The van der Waals surface area contributed by atoms with Crippen molar-refractivity contribution < 1.29 is 14.3 Å². The Bertz CT molecular complexity index is 1010. The Morgan fingerprint density at radius 2 is 1.40 bits per heavy atom. The summed E-state index contributed by atoms with van der Waals surface area (Å²) in [4.78, 5) is 28.4. The van der Waals surface area contributed by atoms with Gasteiger partial charge in [-0.3, -0.25) is 15.1 Å². The van der Waals surface area contributed by atoms with E-state index in [-0.39, 0.29) is 5.91 Å². The number of hydrogen-bond acceptors (Lipinski definition) is 5. The summed E-state index contributed by atoms with van der Waals surface area (Å²) in [6.45, 7) is 5.38. The van der Waals surface area contributed by atoms with E-state index < -0.39 is 11.7 Å². The topological polar surface area (TPSA) is 92.4 Å². The Morgan fingerprint density at radius 1 is 0.800 bits per heavy atom. The number of pyridine rings is 1. The van der Waals surface area contributed by atoms with Crippen molar-refractivity contribution >= 4 is 34.7 Å². The Morgan fingerprint density at radius 3 is 2.03 bits per heavy atom. The summed E-state index contributed by atoms with van der Waals surface area (Å²) in [5, 5.41) is 8.72. The number of nitrogens with zero attached hydrogens (tertiary/aromatic N) is 1. The number of aromatic nitrogens is 1. The Kier molecular flexibility index (Phi) is 6.32. The van der Waals surface area contributed by atoms with Crippen LogP contribution in [0.25, 0.3) is 0 Å². The third-order valence-electron chi connectivity index (χ3n) is 3.88. The predicted molar refractivity (Wildman–Crippen MR) is 118 cm³/mol. The molecule has 0 radical (unpaired) electrons. The van der Waals surface area contributed by atoms with Gasteiger partial charge >= 0.3 is 6.09 Å². The minimum atomic E-state index is -0.589. The van der Waals surface area contributed by atoms with Crippen molar-refractivity contribution in [1.29, 1.82) is 0 Å². The monoisotopic (exact) mass is 404 g/mol. The summed E-state index contributed by atoms with van der Waals surface area (Å²) >= 11 is 0. The van der Waals surface area contributed by atoms with Gasteiger partial charge in [0.05, 0.1) is 0 Å². The van der Waals surface area contributed by atoms with E-state index >= 15 is 0 Å². The van der Waals surface area contributed by atoms with E-state index in [1.807, 2.05) is 24.3 Å². The molecule has 0 spiro atoms. The van der Waals surface area contributed by atoms with Gasteiger partial charge in [-0.25, -0.2) is 4.79 Å². The summed E-state index contributed by atoms with van der Waals surface area (Å²) in [7, 11) is 0. The minimum Gasteiger partial charge on any atom is -0.444 e. The largest absolute Gasteiger partial charge is 0.444 e. The molecule has 0 fully saturated rings. The van der Waals surface area contributed by atoms with Gasteiger partial charge in [0.15, 0.2) is 0 Å². The van der Waals surface area contributed by atoms with Crippen molar-refractivity contribution in [1.82, 2.24) is 4.98 Å². The second-order valence-corrected chi connectivity index (χ2v) is 7.60. The zero-order valence-electron chi connectivity index (χ0n) is 17.1. The van der Waals surface area contributed by atoms with E-state index in [1.165, 1.54) is 0 Å². The zero-order chi connectivity index (χ0) is 21.6. The SMILES string of the molecule is CC(C)(C)OC(=O)Nc1cccc(NC(=O)c2ccc(Nc3ccncc3)cc2)c1. The first kappa shape index (κ1) is 20.9. The molecule has 3 N–H and O–H groups in total. The van der Waals surface area contributed by atoms with E-state index in [0.717, 1.165) is 11.4 Å². The fourth-order valence-corrected chi connectivity index (χ4v) is 2.61. The lowest BCUT2D eigenvalue weighted by molar-refractivity contribution is 0.0636. The normalized spacial score (nSPS) is 10.8. The molecule has 0 aliphatic carbocycles. The van der Waals surface area contributed by atoms with Crippen molar-refractivity contribution in [2.45, 2.75) is 26.4 Å². The lowest BCUT2D eigenvalue weighted by Crippen LogP contribution is -2.27. The highest BCUT2D eigenvalue weighted by atomic mass is 16.6. The van der Waals surface area contributed by atoms with Crippen LogP contribution in [0.15, 0.2) is 73.1 Å². The van der Waals surface area contributed by atoms with E-state index in [1.54, 1.807) is 69.6 Å². The molecular weight excluding hydrogens is 380 g/mol. The van der Waals surface area contributed by atoms with Crippen molar-refractivity contribution in [3.05, 3.63) is 78.6 Å². The van der Waals surface area contributed by atoms with Gasteiger partial charge in [0.1, 0.15) is 5.60 Å². The Hall–Kier alpha value is -3.87. The predicted octanol–water partition coefficient (Wildman–Crippen LogP) is 5.42. The van der Waals surface area contributed by atoms with Gasteiger partial charge in [0.25, 0.3) is 5.91 Å². The van der Waals surface area contributed by atoms with Crippen molar-refractivity contribution in [2.75, 3.05) is 16.0 Å². The van der Waals surface area contributed by atoms with Crippen LogP contribution in [0.5, 0.6) is 0 Å². The van der Waals surface area contributed by atoms with Gasteiger partial charge in [-0.1, -0.05) is 6.07 Å². The molecule has 0 saturated carbocycles. The lowest BCUT2D eigenvalue weighted by Gasteiger charge is -2.19. The van der Waals surface area contributed by atoms with Crippen LogP contribution < -0.4 is 16.0 Å². The first-order valence-electron chi connectivity index (χ1n) is 9.47. The number of carbonyl (C=O) groups excluding carboxylic acids is 2. The fourth-order valence-electron chi connectivity index (χ4n) is 2.61. The van der Waals surface area contributed by atoms with Gasteiger partial charge in [0, 0.05) is 40.7 Å². The smallest absolute Gasteiger partial charge is 0.412 e. The third-order valence-corrected chi connectivity index (χ3v) is 3.88. The Labute approximate surface area is 175 Å². The summed E-state index contributed by atoms with van der Waals surface area (Å²) < 4.78 is 5.24. The van der Waals surface area contributed by atoms with E-state index in [9.17, 15) is 9.59 Å². The summed E-state index contributed by atoms with van der Waals surface area (Å²) in [5.74, 6) is -0.250. The van der Waals surface area contributed by atoms with Crippen LogP contribution in [0.4, 0.5) is 27.5 Å². The van der Waals surface area contributed by atoms with Crippen LogP contribution in [-0.4, -0.2) is 22.6 Å². The van der Waals surface area contributed by atoms with Crippen LogP contribution >= 0.6 is 0 Å². The highest BCUT2D eigenvalue weighted by Gasteiger charge is 2.16. The van der Waals surface area contributed by atoms with E-state index in [4.69, 9.17) is 4.74 Å². The molecule has 7 heteroatoms. The maximum Gasteiger partial charge on any atom is 0.412 e. The van der Waals surface area contributed by atoms with Gasteiger partial charge in [0.2, 0.25) is 0 Å². The molecule has 0 saturated heterocycles. The van der Waals surface area contributed by atoms with Gasteiger partial charge in [-0.2, -0.15) is 0 Å². The molecule has 1 aromatic heterocycles. The molecule has 0 unspecified atom stereocenters. The molecule has 2 aromatic carbocycles.